The maximum absolute atomic E-state index is 12.8. The van der Waals surface area contributed by atoms with Crippen LogP contribution in [0.1, 0.15) is 5.56 Å². The summed E-state index contributed by atoms with van der Waals surface area (Å²) in [4.78, 5) is 11.8. The van der Waals surface area contributed by atoms with Crippen LogP contribution in [0, 0.1) is 0 Å². The molecule has 2 N–H and O–H groups in total. The van der Waals surface area contributed by atoms with Crippen molar-refractivity contribution in [2.24, 2.45) is 0 Å². The first-order chi connectivity index (χ1) is 10.8. The highest BCUT2D eigenvalue weighted by atomic mass is 35.5. The molecule has 0 heterocycles. The van der Waals surface area contributed by atoms with Crippen molar-refractivity contribution in [3.63, 3.8) is 0 Å². The van der Waals surface area contributed by atoms with E-state index in [0.29, 0.717) is 10.7 Å². The first-order valence-electron chi connectivity index (χ1n) is 6.42. The van der Waals surface area contributed by atoms with Gasteiger partial charge in [-0.1, -0.05) is 29.3 Å². The van der Waals surface area contributed by atoms with E-state index in [2.05, 4.69) is 10.6 Å². The van der Waals surface area contributed by atoms with Gasteiger partial charge in [0.25, 0.3) is 0 Å². The molecule has 0 unspecified atom stereocenters. The topological polar surface area (TPSA) is 41.1 Å². The van der Waals surface area contributed by atoms with Gasteiger partial charge in [0.1, 0.15) is 0 Å². The fourth-order valence-electron chi connectivity index (χ4n) is 1.81. The summed E-state index contributed by atoms with van der Waals surface area (Å²) in [7, 11) is 0. The highest BCUT2D eigenvalue weighted by Crippen LogP contribution is 2.36. The summed E-state index contributed by atoms with van der Waals surface area (Å²) in [5.41, 5.74) is -0.362. The van der Waals surface area contributed by atoms with Gasteiger partial charge in [-0.25, -0.2) is 0 Å². The van der Waals surface area contributed by atoms with E-state index in [9.17, 15) is 18.0 Å². The zero-order valence-corrected chi connectivity index (χ0v) is 13.1. The summed E-state index contributed by atoms with van der Waals surface area (Å²) in [5, 5.41) is 5.27. The van der Waals surface area contributed by atoms with Gasteiger partial charge in [-0.05, 0) is 36.4 Å². The van der Waals surface area contributed by atoms with Crippen LogP contribution in [0.4, 0.5) is 24.5 Å². The summed E-state index contributed by atoms with van der Waals surface area (Å²) in [6, 6.07) is 9.90. The van der Waals surface area contributed by atoms with E-state index in [1.165, 1.54) is 6.07 Å². The third-order valence-electron chi connectivity index (χ3n) is 2.83. The Bertz CT molecular complexity index is 720. The Morgan fingerprint density at radius 1 is 1.04 bits per heavy atom. The first-order valence-corrected chi connectivity index (χ1v) is 7.17. The number of carbonyl (C=O) groups is 1. The lowest BCUT2D eigenvalue weighted by molar-refractivity contribution is -0.137. The molecule has 0 atom stereocenters. The van der Waals surface area contributed by atoms with Crippen LogP contribution in [-0.2, 0) is 11.0 Å². The zero-order valence-electron chi connectivity index (χ0n) is 11.5. The number of benzene rings is 2. The Morgan fingerprint density at radius 2 is 1.78 bits per heavy atom. The second-order valence-electron chi connectivity index (χ2n) is 4.60. The van der Waals surface area contributed by atoms with E-state index in [1.54, 1.807) is 24.3 Å². The average molecular weight is 363 g/mol. The smallest absolute Gasteiger partial charge is 0.376 e. The van der Waals surface area contributed by atoms with Gasteiger partial charge >= 0.3 is 6.18 Å². The molecule has 2 rings (SSSR count). The van der Waals surface area contributed by atoms with E-state index in [1.807, 2.05) is 0 Å². The lowest BCUT2D eigenvalue weighted by atomic mass is 10.2. The van der Waals surface area contributed by atoms with Gasteiger partial charge in [0, 0.05) is 16.4 Å². The summed E-state index contributed by atoms with van der Waals surface area (Å²) in [6.07, 6.45) is -4.59. The minimum absolute atomic E-state index is 0.0135. The molecule has 0 saturated heterocycles. The number of rotatable bonds is 4. The molecule has 0 aliphatic carbocycles. The van der Waals surface area contributed by atoms with Gasteiger partial charge in [-0.2, -0.15) is 13.2 Å². The minimum Gasteiger partial charge on any atom is -0.376 e. The fraction of sp³-hybridized carbons (Fsp3) is 0.133. The highest BCUT2D eigenvalue weighted by molar-refractivity contribution is 6.31. The molecule has 2 aromatic rings. The predicted molar refractivity (Wildman–Crippen MR) is 85.0 cm³/mol. The monoisotopic (exact) mass is 362 g/mol. The van der Waals surface area contributed by atoms with Crippen LogP contribution >= 0.6 is 23.2 Å². The van der Waals surface area contributed by atoms with Crippen molar-refractivity contribution in [1.29, 1.82) is 0 Å². The number of halogens is 5. The van der Waals surface area contributed by atoms with E-state index in [-0.39, 0.29) is 12.2 Å². The SMILES string of the molecule is O=C(CNc1cccc(Cl)c1)Nc1ccc(Cl)c(C(F)(F)F)c1. The number of alkyl halides is 3. The second-order valence-corrected chi connectivity index (χ2v) is 5.45. The van der Waals surface area contributed by atoms with Crippen LogP contribution in [0.3, 0.4) is 0 Å². The second kappa shape index (κ2) is 7.10. The van der Waals surface area contributed by atoms with Crippen LogP contribution in [-0.4, -0.2) is 12.5 Å². The number of anilines is 2. The Morgan fingerprint density at radius 3 is 2.43 bits per heavy atom. The van der Waals surface area contributed by atoms with Crippen LogP contribution in [0.5, 0.6) is 0 Å². The van der Waals surface area contributed by atoms with Crippen LogP contribution < -0.4 is 10.6 Å². The van der Waals surface area contributed by atoms with E-state index < -0.39 is 22.7 Å². The Kier molecular flexibility index (Phi) is 5.38. The summed E-state index contributed by atoms with van der Waals surface area (Å²) < 4.78 is 38.3. The average Bonchev–Trinajstić information content (AvgIpc) is 2.46. The number of carbonyl (C=O) groups excluding carboxylic acids is 1. The Balaban J connectivity index is 2.00. The van der Waals surface area contributed by atoms with Gasteiger partial charge in [-0.15, -0.1) is 0 Å². The normalized spacial score (nSPS) is 11.2. The summed E-state index contributed by atoms with van der Waals surface area (Å²) >= 11 is 11.3. The lowest BCUT2D eigenvalue weighted by Crippen LogP contribution is -2.22. The zero-order chi connectivity index (χ0) is 17.0. The molecule has 0 saturated carbocycles. The van der Waals surface area contributed by atoms with E-state index in [0.717, 1.165) is 12.1 Å². The third kappa shape index (κ3) is 5.04. The molecule has 0 aliphatic heterocycles. The Hall–Kier alpha value is -1.92. The van der Waals surface area contributed by atoms with Crippen LogP contribution in [0.2, 0.25) is 10.0 Å². The number of nitrogens with one attached hydrogen (secondary N) is 2. The quantitative estimate of drug-likeness (QED) is 0.797. The van der Waals surface area contributed by atoms with E-state index >= 15 is 0 Å². The van der Waals surface area contributed by atoms with Gasteiger partial charge < -0.3 is 10.6 Å². The standard InChI is InChI=1S/C15H11Cl2F3N2O/c16-9-2-1-3-10(6-9)21-8-14(23)22-11-4-5-13(17)12(7-11)15(18,19)20/h1-7,21H,8H2,(H,22,23). The molecular weight excluding hydrogens is 352 g/mol. The van der Waals surface area contributed by atoms with Crippen molar-refractivity contribution in [2.75, 3.05) is 17.2 Å². The molecule has 0 aromatic heterocycles. The van der Waals surface area contributed by atoms with Gasteiger partial charge in [0.2, 0.25) is 5.91 Å². The molecule has 0 fully saturated rings. The molecule has 2 aromatic carbocycles. The lowest BCUT2D eigenvalue weighted by Gasteiger charge is -2.12. The molecule has 0 radical (unpaired) electrons. The van der Waals surface area contributed by atoms with Gasteiger partial charge in [0.15, 0.2) is 0 Å². The molecule has 23 heavy (non-hydrogen) atoms. The van der Waals surface area contributed by atoms with Crippen LogP contribution in [0.15, 0.2) is 42.5 Å². The molecular formula is C15H11Cl2F3N2O. The molecule has 1 amide bonds. The number of hydrogen-bond donors (Lipinski definition) is 2. The van der Waals surface area contributed by atoms with Crippen molar-refractivity contribution in [3.8, 4) is 0 Å². The molecule has 0 spiro atoms. The maximum atomic E-state index is 12.8. The first kappa shape index (κ1) is 17.4. The van der Waals surface area contributed by atoms with Gasteiger partial charge in [0.05, 0.1) is 17.1 Å². The largest absolute Gasteiger partial charge is 0.417 e. The van der Waals surface area contributed by atoms with Crippen molar-refractivity contribution in [1.82, 2.24) is 0 Å². The summed E-state index contributed by atoms with van der Waals surface area (Å²) in [6.45, 7) is -0.121. The van der Waals surface area contributed by atoms with Crippen molar-refractivity contribution in [3.05, 3.63) is 58.1 Å². The van der Waals surface area contributed by atoms with Crippen molar-refractivity contribution in [2.45, 2.75) is 6.18 Å². The molecule has 8 heteroatoms. The molecule has 0 bridgehead atoms. The summed E-state index contributed by atoms with van der Waals surface area (Å²) in [5.74, 6) is -0.500. The van der Waals surface area contributed by atoms with E-state index in [4.69, 9.17) is 23.2 Å². The predicted octanol–water partition coefficient (Wildman–Crippen LogP) is 5.06. The van der Waals surface area contributed by atoms with Gasteiger partial charge in [-0.3, -0.25) is 4.79 Å². The highest BCUT2D eigenvalue weighted by Gasteiger charge is 2.33. The molecule has 0 aliphatic rings. The number of hydrogen-bond acceptors (Lipinski definition) is 2. The fourth-order valence-corrected chi connectivity index (χ4v) is 2.22. The molecule has 3 nitrogen and oxygen atoms in total. The van der Waals surface area contributed by atoms with Crippen molar-refractivity contribution < 1.29 is 18.0 Å². The molecule has 122 valence electrons. The van der Waals surface area contributed by atoms with Crippen molar-refractivity contribution >= 4 is 40.5 Å². The van der Waals surface area contributed by atoms with Crippen LogP contribution in [0.25, 0.3) is 0 Å². The number of amides is 1. The Labute approximate surface area is 140 Å². The maximum Gasteiger partial charge on any atom is 0.417 e. The third-order valence-corrected chi connectivity index (χ3v) is 3.40. The minimum atomic E-state index is -4.59.